The van der Waals surface area contributed by atoms with Crippen LogP contribution in [0.2, 0.25) is 0 Å². The smallest absolute Gasteiger partial charge is 0.196 e. The van der Waals surface area contributed by atoms with Gasteiger partial charge in [-0.25, -0.2) is 0 Å². The van der Waals surface area contributed by atoms with Gasteiger partial charge in [0.1, 0.15) is 5.75 Å². The number of guanidine groups is 1. The second-order valence-corrected chi connectivity index (χ2v) is 6.23. The standard InChI is InChI=1S/C16H16BrN3O/c1-16(11-5-7-14(21)8-6-11)10-19-15(18)20(16)13-4-2-3-12(17)9-13/h2-9,21H,10H2,1H3,(H2,18,19). The summed E-state index contributed by atoms with van der Waals surface area (Å²) in [6.45, 7) is 2.68. The van der Waals surface area contributed by atoms with Crippen molar-refractivity contribution in [3.05, 3.63) is 58.6 Å². The van der Waals surface area contributed by atoms with Gasteiger partial charge in [0.05, 0.1) is 12.1 Å². The van der Waals surface area contributed by atoms with Crippen molar-refractivity contribution in [2.45, 2.75) is 12.5 Å². The van der Waals surface area contributed by atoms with Gasteiger partial charge in [0.15, 0.2) is 5.96 Å². The van der Waals surface area contributed by atoms with E-state index < -0.39 is 0 Å². The molecule has 0 saturated carbocycles. The van der Waals surface area contributed by atoms with Crippen LogP contribution in [-0.2, 0) is 5.54 Å². The Labute approximate surface area is 132 Å². The molecule has 2 aromatic rings. The molecule has 0 aliphatic carbocycles. The molecular weight excluding hydrogens is 330 g/mol. The van der Waals surface area contributed by atoms with Crippen LogP contribution in [0, 0.1) is 0 Å². The number of nitrogens with two attached hydrogens (primary N) is 1. The van der Waals surface area contributed by atoms with Gasteiger partial charge in [-0.1, -0.05) is 34.1 Å². The number of anilines is 1. The van der Waals surface area contributed by atoms with E-state index >= 15 is 0 Å². The molecule has 0 amide bonds. The van der Waals surface area contributed by atoms with Crippen LogP contribution in [0.1, 0.15) is 12.5 Å². The van der Waals surface area contributed by atoms with Gasteiger partial charge in [0.2, 0.25) is 0 Å². The number of halogens is 1. The molecule has 4 nitrogen and oxygen atoms in total. The maximum Gasteiger partial charge on any atom is 0.196 e. The van der Waals surface area contributed by atoms with E-state index in [1.165, 1.54) is 0 Å². The average Bonchev–Trinajstić information content (AvgIpc) is 2.76. The largest absolute Gasteiger partial charge is 0.508 e. The van der Waals surface area contributed by atoms with Crippen LogP contribution < -0.4 is 10.6 Å². The Kier molecular flexibility index (Phi) is 3.37. The van der Waals surface area contributed by atoms with Gasteiger partial charge < -0.3 is 15.7 Å². The highest BCUT2D eigenvalue weighted by Crippen LogP contribution is 2.37. The molecule has 1 heterocycles. The van der Waals surface area contributed by atoms with Crippen molar-refractivity contribution < 1.29 is 5.11 Å². The lowest BCUT2D eigenvalue weighted by molar-refractivity contribution is 0.473. The first-order valence-electron chi connectivity index (χ1n) is 6.66. The van der Waals surface area contributed by atoms with Crippen molar-refractivity contribution in [1.29, 1.82) is 0 Å². The maximum absolute atomic E-state index is 9.48. The van der Waals surface area contributed by atoms with Gasteiger partial charge in [0, 0.05) is 10.2 Å². The Bertz CT molecular complexity index is 699. The number of phenolic OH excluding ortho intramolecular Hbond substituents is 1. The van der Waals surface area contributed by atoms with E-state index in [2.05, 4.69) is 27.8 Å². The fourth-order valence-corrected chi connectivity index (χ4v) is 3.09. The molecule has 1 aliphatic rings. The lowest BCUT2D eigenvalue weighted by atomic mass is 9.90. The molecule has 1 aliphatic heterocycles. The van der Waals surface area contributed by atoms with E-state index in [0.29, 0.717) is 12.5 Å². The molecule has 0 spiro atoms. The predicted molar refractivity (Wildman–Crippen MR) is 88.6 cm³/mol. The number of phenols is 1. The van der Waals surface area contributed by atoms with Gasteiger partial charge in [-0.3, -0.25) is 4.99 Å². The lowest BCUT2D eigenvalue weighted by Gasteiger charge is -2.36. The van der Waals surface area contributed by atoms with E-state index in [1.54, 1.807) is 12.1 Å². The molecule has 0 radical (unpaired) electrons. The van der Waals surface area contributed by atoms with Gasteiger partial charge in [-0.2, -0.15) is 0 Å². The van der Waals surface area contributed by atoms with E-state index in [4.69, 9.17) is 5.73 Å². The zero-order chi connectivity index (χ0) is 15.0. The molecule has 0 aromatic heterocycles. The van der Waals surface area contributed by atoms with Crippen LogP contribution in [0.15, 0.2) is 58.0 Å². The molecule has 0 bridgehead atoms. The van der Waals surface area contributed by atoms with Crippen LogP contribution in [0.3, 0.4) is 0 Å². The Morgan fingerprint density at radius 1 is 1.24 bits per heavy atom. The molecule has 1 unspecified atom stereocenters. The first-order chi connectivity index (χ1) is 10.0. The maximum atomic E-state index is 9.48. The van der Waals surface area contributed by atoms with E-state index in [-0.39, 0.29) is 11.3 Å². The van der Waals surface area contributed by atoms with Gasteiger partial charge in [-0.15, -0.1) is 0 Å². The third-order valence-electron chi connectivity index (χ3n) is 3.83. The van der Waals surface area contributed by atoms with Crippen molar-refractivity contribution in [1.82, 2.24) is 0 Å². The second-order valence-electron chi connectivity index (χ2n) is 5.31. The molecule has 108 valence electrons. The number of aromatic hydroxyl groups is 1. The summed E-state index contributed by atoms with van der Waals surface area (Å²) in [7, 11) is 0. The van der Waals surface area contributed by atoms with Gasteiger partial charge >= 0.3 is 0 Å². The third-order valence-corrected chi connectivity index (χ3v) is 4.32. The lowest BCUT2D eigenvalue weighted by Crippen LogP contribution is -2.47. The van der Waals surface area contributed by atoms with Crippen molar-refractivity contribution in [2.75, 3.05) is 11.4 Å². The van der Waals surface area contributed by atoms with Crippen molar-refractivity contribution in [2.24, 2.45) is 10.7 Å². The number of nitrogens with zero attached hydrogens (tertiary/aromatic N) is 2. The van der Waals surface area contributed by atoms with Crippen LogP contribution >= 0.6 is 15.9 Å². The van der Waals surface area contributed by atoms with Crippen LogP contribution in [-0.4, -0.2) is 17.6 Å². The summed E-state index contributed by atoms with van der Waals surface area (Å²) < 4.78 is 0.993. The first-order valence-corrected chi connectivity index (χ1v) is 7.45. The SMILES string of the molecule is CC1(c2ccc(O)cc2)CN=C(N)N1c1cccc(Br)c1. The number of hydrogen-bond donors (Lipinski definition) is 2. The highest BCUT2D eigenvalue weighted by Gasteiger charge is 2.40. The summed E-state index contributed by atoms with van der Waals surface area (Å²) in [5, 5.41) is 9.48. The number of hydrogen-bond acceptors (Lipinski definition) is 4. The molecule has 3 rings (SSSR count). The van der Waals surface area contributed by atoms with E-state index in [9.17, 15) is 5.11 Å². The monoisotopic (exact) mass is 345 g/mol. The van der Waals surface area contributed by atoms with Gasteiger partial charge in [0.25, 0.3) is 0 Å². The first kappa shape index (κ1) is 13.9. The summed E-state index contributed by atoms with van der Waals surface area (Å²) in [6.07, 6.45) is 0. The highest BCUT2D eigenvalue weighted by molar-refractivity contribution is 9.10. The van der Waals surface area contributed by atoms with Crippen molar-refractivity contribution in [3.8, 4) is 5.75 Å². The minimum atomic E-state index is -0.363. The van der Waals surface area contributed by atoms with Crippen molar-refractivity contribution >= 4 is 27.6 Å². The zero-order valence-electron chi connectivity index (χ0n) is 11.6. The number of benzene rings is 2. The Hall–Kier alpha value is -2.01. The summed E-state index contributed by atoms with van der Waals surface area (Å²) in [4.78, 5) is 6.45. The second kappa shape index (κ2) is 5.07. The van der Waals surface area contributed by atoms with Crippen LogP contribution in [0.4, 0.5) is 5.69 Å². The summed E-state index contributed by atoms with van der Waals surface area (Å²) in [5.41, 5.74) is 7.80. The molecule has 0 fully saturated rings. The normalized spacial score (nSPS) is 21.4. The molecule has 2 aromatic carbocycles. The Morgan fingerprint density at radius 2 is 1.95 bits per heavy atom. The third kappa shape index (κ3) is 2.38. The molecule has 5 heteroatoms. The van der Waals surface area contributed by atoms with Crippen molar-refractivity contribution in [3.63, 3.8) is 0 Å². The number of rotatable bonds is 2. The van der Waals surface area contributed by atoms with Gasteiger partial charge in [-0.05, 0) is 42.8 Å². The molecule has 1 atom stereocenters. The summed E-state index contributed by atoms with van der Waals surface area (Å²) >= 11 is 3.49. The fourth-order valence-electron chi connectivity index (χ4n) is 2.70. The minimum Gasteiger partial charge on any atom is -0.508 e. The Balaban J connectivity index is 2.07. The minimum absolute atomic E-state index is 0.253. The van der Waals surface area contributed by atoms with Crippen LogP contribution in [0.5, 0.6) is 5.75 Å². The molecular formula is C16H16BrN3O. The highest BCUT2D eigenvalue weighted by atomic mass is 79.9. The summed E-state index contributed by atoms with van der Waals surface area (Å²) in [6, 6.07) is 15.2. The van der Waals surface area contributed by atoms with Crippen LogP contribution in [0.25, 0.3) is 0 Å². The molecule has 21 heavy (non-hydrogen) atoms. The van der Waals surface area contributed by atoms with E-state index in [0.717, 1.165) is 15.7 Å². The molecule has 0 saturated heterocycles. The van der Waals surface area contributed by atoms with E-state index in [1.807, 2.05) is 41.3 Å². The quantitative estimate of drug-likeness (QED) is 0.878. The summed E-state index contributed by atoms with van der Waals surface area (Å²) in [5.74, 6) is 0.756. The zero-order valence-corrected chi connectivity index (χ0v) is 13.2. The fraction of sp³-hybridized carbons (Fsp3) is 0.188. The predicted octanol–water partition coefficient (Wildman–Crippen LogP) is 3.20. The molecule has 3 N–H and O–H groups in total. The average molecular weight is 346 g/mol. The number of aliphatic imine (C=N–C) groups is 1. The Morgan fingerprint density at radius 3 is 2.62 bits per heavy atom. The topological polar surface area (TPSA) is 61.9 Å².